The lowest BCUT2D eigenvalue weighted by molar-refractivity contribution is 0.794. The van der Waals surface area contributed by atoms with Gasteiger partial charge in [0.05, 0.1) is 16.8 Å². The van der Waals surface area contributed by atoms with Crippen LogP contribution in [-0.4, -0.2) is 0 Å². The normalized spacial score (nSPS) is 12.7. The van der Waals surface area contributed by atoms with Crippen LogP contribution >= 0.6 is 0 Å². The Morgan fingerprint density at radius 1 is 0.243 bits per heavy atom. The number of anilines is 3. The van der Waals surface area contributed by atoms with Gasteiger partial charge in [-0.2, -0.15) is 0 Å². The van der Waals surface area contributed by atoms with Gasteiger partial charge < -0.3 is 4.90 Å². The van der Waals surface area contributed by atoms with E-state index < -0.39 is 5.41 Å². The summed E-state index contributed by atoms with van der Waals surface area (Å²) in [7, 11) is 0. The van der Waals surface area contributed by atoms with Gasteiger partial charge >= 0.3 is 0 Å². The van der Waals surface area contributed by atoms with Gasteiger partial charge in [-0.1, -0.05) is 243 Å². The van der Waals surface area contributed by atoms with E-state index in [0.717, 1.165) is 17.1 Å². The van der Waals surface area contributed by atoms with Crippen LogP contribution in [0.3, 0.4) is 0 Å². The van der Waals surface area contributed by atoms with Crippen molar-refractivity contribution in [3.8, 4) is 66.8 Å². The Labute approximate surface area is 408 Å². The molecule has 0 heterocycles. The number of fused-ring (bicyclic) bond motifs is 13. The Hall–Kier alpha value is -9.04. The summed E-state index contributed by atoms with van der Waals surface area (Å²) in [6, 6.07) is 101. The van der Waals surface area contributed by atoms with Crippen molar-refractivity contribution in [2.45, 2.75) is 5.41 Å². The molecule has 326 valence electrons. The average Bonchev–Trinajstić information content (AvgIpc) is 3.92. The largest absolute Gasteiger partial charge is 0.309 e. The Balaban J connectivity index is 1.05. The van der Waals surface area contributed by atoms with E-state index in [1.54, 1.807) is 0 Å². The van der Waals surface area contributed by atoms with E-state index in [1.165, 1.54) is 111 Å². The molecule has 1 nitrogen and oxygen atoms in total. The molecule has 0 fully saturated rings. The van der Waals surface area contributed by atoms with Crippen LogP contribution in [0.5, 0.6) is 0 Å². The van der Waals surface area contributed by atoms with Crippen molar-refractivity contribution >= 4 is 38.6 Å². The van der Waals surface area contributed by atoms with Gasteiger partial charge in [-0.15, -0.1) is 0 Å². The summed E-state index contributed by atoms with van der Waals surface area (Å²) in [5.41, 5.74) is 22.7. The van der Waals surface area contributed by atoms with Gasteiger partial charge in [0.15, 0.2) is 0 Å². The number of rotatable bonds is 7. The maximum atomic E-state index is 2.56. The summed E-state index contributed by atoms with van der Waals surface area (Å²) in [5.74, 6) is 0. The second-order valence-electron chi connectivity index (χ2n) is 18.7. The van der Waals surface area contributed by atoms with Crippen molar-refractivity contribution in [1.29, 1.82) is 0 Å². The topological polar surface area (TPSA) is 3.24 Å². The average molecular weight is 888 g/mol. The van der Waals surface area contributed by atoms with E-state index >= 15 is 0 Å². The summed E-state index contributed by atoms with van der Waals surface area (Å²) in [6.45, 7) is 0. The van der Waals surface area contributed by atoms with Crippen molar-refractivity contribution < 1.29 is 0 Å². The van der Waals surface area contributed by atoms with Gasteiger partial charge in [0, 0.05) is 16.8 Å². The predicted molar refractivity (Wildman–Crippen MR) is 294 cm³/mol. The Morgan fingerprint density at radius 3 is 1.41 bits per heavy atom. The molecule has 2 aliphatic rings. The monoisotopic (exact) mass is 887 g/mol. The lowest BCUT2D eigenvalue weighted by Crippen LogP contribution is -2.26. The van der Waals surface area contributed by atoms with Crippen LogP contribution in [-0.2, 0) is 5.41 Å². The van der Waals surface area contributed by atoms with Gasteiger partial charge in [0.2, 0.25) is 0 Å². The summed E-state index contributed by atoms with van der Waals surface area (Å²) in [5, 5.41) is 5.05. The summed E-state index contributed by atoms with van der Waals surface area (Å²) >= 11 is 0. The molecule has 0 bridgehead atoms. The Morgan fingerprint density at radius 2 is 0.714 bits per heavy atom. The van der Waals surface area contributed by atoms with Crippen LogP contribution in [0.4, 0.5) is 17.1 Å². The number of hydrogen-bond donors (Lipinski definition) is 0. The third-order valence-corrected chi connectivity index (χ3v) is 15.1. The standard InChI is InChI=1S/C69H45N/c1-3-19-47(20-4-1)54-25-9-10-28-59(54)67-56(48-21-5-2-6-22-48)30-17-35-65(67)70(52-42-39-46(40-43-52)50-41-44-55-51(45-50)38-37-49-23-7-8-24-53(49)55)66-36-18-34-64-68(66)60-29-13-16-33-63(60)69(64)61-31-14-11-26-57(61)58-27-12-15-32-62(58)69/h1-45H. The molecule has 1 spiro atoms. The van der Waals surface area contributed by atoms with Crippen LogP contribution in [0.1, 0.15) is 22.3 Å². The van der Waals surface area contributed by atoms with Crippen LogP contribution < -0.4 is 4.90 Å². The molecule has 14 rings (SSSR count). The van der Waals surface area contributed by atoms with Crippen molar-refractivity contribution in [1.82, 2.24) is 0 Å². The molecule has 70 heavy (non-hydrogen) atoms. The van der Waals surface area contributed by atoms with E-state index in [0.29, 0.717) is 0 Å². The molecule has 0 atom stereocenters. The highest BCUT2D eigenvalue weighted by atomic mass is 15.1. The van der Waals surface area contributed by atoms with E-state index in [-0.39, 0.29) is 0 Å². The molecule has 0 amide bonds. The van der Waals surface area contributed by atoms with Gasteiger partial charge in [-0.3, -0.25) is 0 Å². The highest BCUT2D eigenvalue weighted by Gasteiger charge is 2.52. The van der Waals surface area contributed by atoms with Crippen LogP contribution in [0, 0.1) is 0 Å². The molecule has 0 saturated carbocycles. The Bertz CT molecular complexity index is 3950. The highest BCUT2D eigenvalue weighted by Crippen LogP contribution is 2.65. The molecule has 1 heteroatoms. The lowest BCUT2D eigenvalue weighted by Gasteiger charge is -2.33. The lowest BCUT2D eigenvalue weighted by atomic mass is 9.70. The first-order valence-electron chi connectivity index (χ1n) is 24.3. The van der Waals surface area contributed by atoms with Crippen LogP contribution in [0.2, 0.25) is 0 Å². The minimum atomic E-state index is -0.485. The van der Waals surface area contributed by atoms with Gasteiger partial charge in [0.25, 0.3) is 0 Å². The molecule has 0 N–H and O–H groups in total. The van der Waals surface area contributed by atoms with Crippen molar-refractivity contribution in [2.24, 2.45) is 0 Å². The fraction of sp³-hybridized carbons (Fsp3) is 0.0145. The highest BCUT2D eigenvalue weighted by molar-refractivity contribution is 6.09. The first-order valence-corrected chi connectivity index (χ1v) is 24.3. The molecule has 0 saturated heterocycles. The molecule has 12 aromatic carbocycles. The molecule has 0 aromatic heterocycles. The fourth-order valence-corrected chi connectivity index (χ4v) is 12.2. The SMILES string of the molecule is c1ccc(-c2ccccc2-c2c(-c3ccccc3)cccc2N(c2ccc(-c3ccc4c(ccc5ccccc54)c3)cc2)c2cccc3c2-c2ccccc2C32c3ccccc3-c3ccccc32)cc1. The van der Waals surface area contributed by atoms with E-state index in [9.17, 15) is 0 Å². The van der Waals surface area contributed by atoms with Gasteiger partial charge in [-0.05, 0) is 130 Å². The zero-order valence-electron chi connectivity index (χ0n) is 38.4. The predicted octanol–water partition coefficient (Wildman–Crippen LogP) is 18.5. The first-order chi connectivity index (χ1) is 34.8. The second-order valence-corrected chi connectivity index (χ2v) is 18.7. The second kappa shape index (κ2) is 16.0. The Kier molecular flexibility index (Phi) is 9.19. The summed E-state index contributed by atoms with van der Waals surface area (Å²) in [6.07, 6.45) is 0. The maximum absolute atomic E-state index is 2.56. The van der Waals surface area contributed by atoms with Crippen molar-refractivity contribution in [3.05, 3.63) is 295 Å². The minimum absolute atomic E-state index is 0.485. The minimum Gasteiger partial charge on any atom is -0.309 e. The van der Waals surface area contributed by atoms with Crippen LogP contribution in [0.25, 0.3) is 88.3 Å². The molecule has 2 aliphatic carbocycles. The van der Waals surface area contributed by atoms with E-state index in [4.69, 9.17) is 0 Å². The molecular weight excluding hydrogens is 843 g/mol. The number of nitrogens with zero attached hydrogens (tertiary/aromatic N) is 1. The first kappa shape index (κ1) is 40.1. The van der Waals surface area contributed by atoms with Crippen molar-refractivity contribution in [2.75, 3.05) is 4.90 Å². The summed E-state index contributed by atoms with van der Waals surface area (Å²) in [4.78, 5) is 2.56. The molecule has 0 aliphatic heterocycles. The van der Waals surface area contributed by atoms with Crippen molar-refractivity contribution in [3.63, 3.8) is 0 Å². The smallest absolute Gasteiger partial charge is 0.0726 e. The molecular formula is C69H45N. The third-order valence-electron chi connectivity index (χ3n) is 15.1. The summed E-state index contributed by atoms with van der Waals surface area (Å²) < 4.78 is 0. The van der Waals surface area contributed by atoms with E-state index in [1.807, 2.05) is 0 Å². The van der Waals surface area contributed by atoms with E-state index in [2.05, 4.69) is 278 Å². The zero-order valence-corrected chi connectivity index (χ0v) is 38.4. The maximum Gasteiger partial charge on any atom is 0.0726 e. The molecule has 0 unspecified atom stereocenters. The number of benzene rings is 12. The van der Waals surface area contributed by atoms with Crippen LogP contribution in [0.15, 0.2) is 273 Å². The van der Waals surface area contributed by atoms with Gasteiger partial charge in [0.1, 0.15) is 0 Å². The fourth-order valence-electron chi connectivity index (χ4n) is 12.2. The third kappa shape index (κ3) is 5.98. The zero-order chi connectivity index (χ0) is 46.2. The van der Waals surface area contributed by atoms with Gasteiger partial charge in [-0.25, -0.2) is 0 Å². The molecule has 12 aromatic rings. The number of hydrogen-bond acceptors (Lipinski definition) is 1. The molecule has 0 radical (unpaired) electrons. The quantitative estimate of drug-likeness (QED) is 0.144.